The minimum absolute atomic E-state index is 0.0557. The molecule has 2 atom stereocenters. The van der Waals surface area contributed by atoms with Crippen molar-refractivity contribution in [3.05, 3.63) is 29.8 Å². The topological polar surface area (TPSA) is 67.4 Å². The molecule has 0 spiro atoms. The van der Waals surface area contributed by atoms with Gasteiger partial charge in [-0.15, -0.1) is 0 Å². The highest BCUT2D eigenvalue weighted by Gasteiger charge is 2.38. The smallest absolute Gasteiger partial charge is 0.223 e. The van der Waals surface area contributed by atoms with Crippen LogP contribution in [0.5, 0.6) is 5.75 Å². The lowest BCUT2D eigenvalue weighted by atomic mass is 10.2. The van der Waals surface area contributed by atoms with Gasteiger partial charge >= 0.3 is 0 Å². The second kappa shape index (κ2) is 8.37. The van der Waals surface area contributed by atoms with Crippen LogP contribution in [0.2, 0.25) is 0 Å². The lowest BCUT2D eigenvalue weighted by molar-refractivity contribution is -0.123. The van der Waals surface area contributed by atoms with Crippen LogP contribution in [0.3, 0.4) is 0 Å². The Morgan fingerprint density at radius 3 is 2.60 bits per heavy atom. The Hall–Kier alpha value is -2.04. The number of hydrogen-bond donors (Lipinski definition) is 2. The number of ether oxygens (including phenoxy) is 1. The molecule has 2 fully saturated rings. The first-order chi connectivity index (χ1) is 12.1. The molecule has 0 bridgehead atoms. The summed E-state index contributed by atoms with van der Waals surface area (Å²) in [7, 11) is 0. The van der Waals surface area contributed by atoms with Crippen molar-refractivity contribution in [2.45, 2.75) is 58.1 Å². The molecule has 0 heterocycles. The second-order valence-electron chi connectivity index (χ2n) is 7.27. The molecule has 0 aliphatic heterocycles. The molecule has 1 aromatic rings. The largest absolute Gasteiger partial charge is 0.490 e. The van der Waals surface area contributed by atoms with E-state index in [0.29, 0.717) is 31.5 Å². The Morgan fingerprint density at radius 2 is 1.88 bits per heavy atom. The molecule has 0 aromatic heterocycles. The normalized spacial score (nSPS) is 22.4. The summed E-state index contributed by atoms with van der Waals surface area (Å²) in [5, 5.41) is 5.76. The quantitative estimate of drug-likeness (QED) is 0.762. The molecule has 25 heavy (non-hydrogen) atoms. The SMILES string of the molecule is C[C@@H]1C[C@@H]1C(=O)NCCC(=O)NCc1ccccc1OC1CCCC1. The molecule has 5 nitrogen and oxygen atoms in total. The maximum Gasteiger partial charge on any atom is 0.223 e. The predicted octanol–water partition coefficient (Wildman–Crippen LogP) is 2.79. The third-order valence-electron chi connectivity index (χ3n) is 5.14. The molecule has 1 aromatic carbocycles. The number of benzene rings is 1. The van der Waals surface area contributed by atoms with Crippen LogP contribution in [0.1, 0.15) is 51.0 Å². The van der Waals surface area contributed by atoms with E-state index >= 15 is 0 Å². The summed E-state index contributed by atoms with van der Waals surface area (Å²) >= 11 is 0. The van der Waals surface area contributed by atoms with Crippen molar-refractivity contribution in [3.8, 4) is 5.75 Å². The van der Waals surface area contributed by atoms with Gasteiger partial charge in [-0.1, -0.05) is 25.1 Å². The van der Waals surface area contributed by atoms with Crippen molar-refractivity contribution in [2.24, 2.45) is 11.8 Å². The van der Waals surface area contributed by atoms with Crippen molar-refractivity contribution >= 4 is 11.8 Å². The molecule has 5 heteroatoms. The van der Waals surface area contributed by atoms with E-state index in [4.69, 9.17) is 4.74 Å². The van der Waals surface area contributed by atoms with Gasteiger partial charge in [0.2, 0.25) is 11.8 Å². The predicted molar refractivity (Wildman–Crippen MR) is 96.1 cm³/mol. The first kappa shape index (κ1) is 17.8. The molecule has 0 radical (unpaired) electrons. The zero-order chi connectivity index (χ0) is 17.6. The summed E-state index contributed by atoms with van der Waals surface area (Å²) in [6.07, 6.45) is 6.26. The lowest BCUT2D eigenvalue weighted by Gasteiger charge is -2.16. The van der Waals surface area contributed by atoms with Gasteiger partial charge < -0.3 is 15.4 Å². The van der Waals surface area contributed by atoms with E-state index in [2.05, 4.69) is 17.6 Å². The van der Waals surface area contributed by atoms with E-state index in [9.17, 15) is 9.59 Å². The zero-order valence-corrected chi connectivity index (χ0v) is 14.9. The maximum atomic E-state index is 12.0. The molecule has 2 N–H and O–H groups in total. The molecule has 2 aliphatic carbocycles. The summed E-state index contributed by atoms with van der Waals surface area (Å²) in [6.45, 7) is 2.92. The molecule has 0 unspecified atom stereocenters. The Morgan fingerprint density at radius 1 is 1.16 bits per heavy atom. The summed E-state index contributed by atoms with van der Waals surface area (Å²) in [5.74, 6) is 1.54. The number of hydrogen-bond acceptors (Lipinski definition) is 3. The van der Waals surface area contributed by atoms with Crippen LogP contribution >= 0.6 is 0 Å². The number of para-hydroxylation sites is 1. The molecular weight excluding hydrogens is 316 g/mol. The van der Waals surface area contributed by atoms with Crippen LogP contribution in [0, 0.1) is 11.8 Å². The molecular formula is C20H28N2O3. The van der Waals surface area contributed by atoms with Crippen LogP contribution < -0.4 is 15.4 Å². The van der Waals surface area contributed by atoms with Gasteiger partial charge in [-0.25, -0.2) is 0 Å². The highest BCUT2D eigenvalue weighted by Crippen LogP contribution is 2.37. The van der Waals surface area contributed by atoms with Crippen molar-refractivity contribution in [1.82, 2.24) is 10.6 Å². The number of carbonyl (C=O) groups is 2. The number of amides is 2. The first-order valence-corrected chi connectivity index (χ1v) is 9.42. The minimum atomic E-state index is -0.0557. The third-order valence-corrected chi connectivity index (χ3v) is 5.14. The van der Waals surface area contributed by atoms with E-state index in [1.165, 1.54) is 12.8 Å². The van der Waals surface area contributed by atoms with Gasteiger partial charge in [0.15, 0.2) is 0 Å². The number of rotatable bonds is 8. The van der Waals surface area contributed by atoms with Gasteiger partial charge in [0, 0.05) is 31.0 Å². The standard InChI is InChI=1S/C20H28N2O3/c1-14-12-17(14)20(24)21-11-10-19(23)22-13-15-6-2-5-9-18(15)25-16-7-3-4-8-16/h2,5-6,9,14,16-17H,3-4,7-8,10-13H2,1H3,(H,21,24)(H,22,23)/t14-,17+/m1/s1. The summed E-state index contributed by atoms with van der Waals surface area (Å²) in [5.41, 5.74) is 0.999. The second-order valence-corrected chi connectivity index (χ2v) is 7.27. The summed E-state index contributed by atoms with van der Waals surface area (Å²) in [6, 6.07) is 7.88. The fourth-order valence-corrected chi connectivity index (χ4v) is 3.35. The summed E-state index contributed by atoms with van der Waals surface area (Å²) < 4.78 is 6.09. The highest BCUT2D eigenvalue weighted by molar-refractivity contribution is 5.82. The Labute approximate surface area is 149 Å². The molecule has 3 rings (SSSR count). The van der Waals surface area contributed by atoms with E-state index < -0.39 is 0 Å². The fraction of sp³-hybridized carbons (Fsp3) is 0.600. The van der Waals surface area contributed by atoms with E-state index in [-0.39, 0.29) is 17.7 Å². The van der Waals surface area contributed by atoms with Crippen molar-refractivity contribution < 1.29 is 14.3 Å². The maximum absolute atomic E-state index is 12.0. The zero-order valence-electron chi connectivity index (χ0n) is 14.9. The van der Waals surface area contributed by atoms with E-state index in [0.717, 1.165) is 30.6 Å². The van der Waals surface area contributed by atoms with Gasteiger partial charge in [-0.05, 0) is 44.1 Å². The van der Waals surface area contributed by atoms with E-state index in [1.54, 1.807) is 0 Å². The highest BCUT2D eigenvalue weighted by atomic mass is 16.5. The van der Waals surface area contributed by atoms with Gasteiger partial charge in [-0.3, -0.25) is 9.59 Å². The van der Waals surface area contributed by atoms with Gasteiger partial charge in [-0.2, -0.15) is 0 Å². The summed E-state index contributed by atoms with van der Waals surface area (Å²) in [4.78, 5) is 23.7. The molecule has 2 saturated carbocycles. The fourth-order valence-electron chi connectivity index (χ4n) is 3.35. The van der Waals surface area contributed by atoms with Gasteiger partial charge in [0.1, 0.15) is 5.75 Å². The number of nitrogens with one attached hydrogen (secondary N) is 2. The Kier molecular flexibility index (Phi) is 5.95. The monoisotopic (exact) mass is 344 g/mol. The van der Waals surface area contributed by atoms with Gasteiger partial charge in [0.05, 0.1) is 6.10 Å². The molecule has 2 aliphatic rings. The van der Waals surface area contributed by atoms with Crippen LogP contribution in [0.15, 0.2) is 24.3 Å². The third kappa shape index (κ3) is 5.21. The van der Waals surface area contributed by atoms with Crippen LogP contribution in [-0.2, 0) is 16.1 Å². The first-order valence-electron chi connectivity index (χ1n) is 9.42. The molecule has 136 valence electrons. The average Bonchev–Trinajstić information content (AvgIpc) is 3.12. The van der Waals surface area contributed by atoms with Crippen LogP contribution in [0.4, 0.5) is 0 Å². The number of carbonyl (C=O) groups excluding carboxylic acids is 2. The molecule has 0 saturated heterocycles. The van der Waals surface area contributed by atoms with E-state index in [1.807, 2.05) is 24.3 Å². The van der Waals surface area contributed by atoms with Crippen molar-refractivity contribution in [3.63, 3.8) is 0 Å². The van der Waals surface area contributed by atoms with Crippen LogP contribution in [-0.4, -0.2) is 24.5 Å². The Balaban J connectivity index is 1.40. The van der Waals surface area contributed by atoms with Crippen molar-refractivity contribution in [2.75, 3.05) is 6.54 Å². The molecule has 2 amide bonds. The van der Waals surface area contributed by atoms with Crippen LogP contribution in [0.25, 0.3) is 0 Å². The lowest BCUT2D eigenvalue weighted by Crippen LogP contribution is -2.31. The minimum Gasteiger partial charge on any atom is -0.490 e. The van der Waals surface area contributed by atoms with Crippen molar-refractivity contribution in [1.29, 1.82) is 0 Å². The van der Waals surface area contributed by atoms with Gasteiger partial charge in [0.25, 0.3) is 0 Å². The Bertz CT molecular complexity index is 611. The average molecular weight is 344 g/mol.